The van der Waals surface area contributed by atoms with Gasteiger partial charge in [0.25, 0.3) is 0 Å². The van der Waals surface area contributed by atoms with Gasteiger partial charge in [-0.3, -0.25) is 14.8 Å². The molecule has 0 radical (unpaired) electrons. The minimum absolute atomic E-state index is 0.561. The van der Waals surface area contributed by atoms with E-state index in [0.29, 0.717) is 28.1 Å². The number of likely N-dealkylation sites (N-methyl/N-ethyl adjacent to an activating group) is 1. The third-order valence-corrected chi connectivity index (χ3v) is 6.62. The number of anilines is 3. The predicted octanol–water partition coefficient (Wildman–Crippen LogP) is 3.17. The van der Waals surface area contributed by atoms with Crippen molar-refractivity contribution in [3.05, 3.63) is 41.6 Å². The Hall–Kier alpha value is -3.19. The summed E-state index contributed by atoms with van der Waals surface area (Å²) in [6, 6.07) is 9.29. The van der Waals surface area contributed by atoms with Crippen LogP contribution in [-0.2, 0) is 4.74 Å². The highest BCUT2D eigenvalue weighted by Gasteiger charge is 2.25. The first-order valence-electron chi connectivity index (χ1n) is 12.4. The van der Waals surface area contributed by atoms with Gasteiger partial charge in [0, 0.05) is 75.7 Å². The molecule has 1 aromatic carbocycles. The van der Waals surface area contributed by atoms with Gasteiger partial charge in [0.1, 0.15) is 6.29 Å². The fourth-order valence-electron chi connectivity index (χ4n) is 3.80. The van der Waals surface area contributed by atoms with E-state index in [-0.39, 0.29) is 0 Å². The summed E-state index contributed by atoms with van der Waals surface area (Å²) in [5.74, 6) is 2.57. The smallest absolute Gasteiger partial charge is 0.204 e. The number of hydrogen-bond acceptors (Lipinski definition) is 11. The molecule has 2 N–H and O–H groups in total. The standard InChI is InChI=1S/C24H32N8O2S.C2H6O/c1-17-15-20(29-28-17)25-22-21(34-4)23(32-13-11-31(12-14-32)10-9-30(2)3)27-24(26-22)35-19-7-5-18(16-33)6-8-19;1-3-2/h5-8,15-16H,9-14H2,1-4H3,(H2,25,26,27,28,29);1-2H3. The van der Waals surface area contributed by atoms with Gasteiger partial charge in [0.05, 0.1) is 7.11 Å². The minimum Gasteiger partial charge on any atom is -0.490 e. The van der Waals surface area contributed by atoms with Gasteiger partial charge in [0.2, 0.25) is 5.75 Å². The lowest BCUT2D eigenvalue weighted by Gasteiger charge is -2.36. The molecule has 1 aliphatic rings. The first kappa shape index (κ1) is 29.4. The molecule has 0 unspecified atom stereocenters. The van der Waals surface area contributed by atoms with Crippen LogP contribution in [0.3, 0.4) is 0 Å². The van der Waals surface area contributed by atoms with Crippen molar-refractivity contribution in [2.75, 3.05) is 84.9 Å². The molecule has 4 rings (SSSR count). The Kier molecular flexibility index (Phi) is 11.3. The van der Waals surface area contributed by atoms with Crippen LogP contribution in [0.5, 0.6) is 5.75 Å². The lowest BCUT2D eigenvalue weighted by Crippen LogP contribution is -2.48. The number of H-pyrrole nitrogens is 1. The molecule has 3 heterocycles. The van der Waals surface area contributed by atoms with E-state index in [1.165, 1.54) is 11.8 Å². The van der Waals surface area contributed by atoms with Gasteiger partial charge in [-0.2, -0.15) is 5.10 Å². The van der Waals surface area contributed by atoms with Crippen molar-refractivity contribution in [2.24, 2.45) is 0 Å². The second-order valence-corrected chi connectivity index (χ2v) is 10.1. The molecule has 2 aromatic heterocycles. The number of rotatable bonds is 10. The van der Waals surface area contributed by atoms with Crippen molar-refractivity contribution < 1.29 is 14.3 Å². The van der Waals surface area contributed by atoms with Crippen molar-refractivity contribution in [3.63, 3.8) is 0 Å². The van der Waals surface area contributed by atoms with Gasteiger partial charge in [-0.05, 0) is 44.9 Å². The van der Waals surface area contributed by atoms with Crippen LogP contribution in [0.4, 0.5) is 17.5 Å². The van der Waals surface area contributed by atoms with E-state index in [9.17, 15) is 4.79 Å². The van der Waals surface area contributed by atoms with Crippen molar-refractivity contribution in [1.82, 2.24) is 30.0 Å². The van der Waals surface area contributed by atoms with Gasteiger partial charge in [-0.25, -0.2) is 9.97 Å². The van der Waals surface area contributed by atoms with Gasteiger partial charge in [0.15, 0.2) is 22.6 Å². The maximum Gasteiger partial charge on any atom is 0.204 e. The monoisotopic (exact) mass is 542 g/mol. The number of aryl methyl sites for hydroxylation is 1. The van der Waals surface area contributed by atoms with Crippen LogP contribution in [0.25, 0.3) is 0 Å². The fourth-order valence-corrected chi connectivity index (χ4v) is 4.55. The van der Waals surface area contributed by atoms with Gasteiger partial charge in [-0.1, -0.05) is 12.1 Å². The topological polar surface area (TPSA) is 112 Å². The molecular weight excluding hydrogens is 504 g/mol. The number of aromatic nitrogens is 4. The summed E-state index contributed by atoms with van der Waals surface area (Å²) in [5.41, 5.74) is 1.58. The minimum atomic E-state index is 0.561. The first-order chi connectivity index (χ1) is 18.4. The number of carbonyl (C=O) groups is 1. The third kappa shape index (κ3) is 8.42. The third-order valence-electron chi connectivity index (χ3n) is 5.74. The number of ether oxygens (including phenoxy) is 2. The highest BCUT2D eigenvalue weighted by Crippen LogP contribution is 2.38. The number of methoxy groups -OCH3 is 2. The number of carbonyl (C=O) groups excluding carboxylic acids is 1. The van der Waals surface area contributed by atoms with E-state index in [0.717, 1.165) is 62.0 Å². The SMILES string of the molecule is COC.COc1c(Nc2cc(C)[nH]n2)nc(Sc2ccc(C=O)cc2)nc1N1CCN(CCN(C)C)CC1. The largest absolute Gasteiger partial charge is 0.490 e. The first-order valence-corrected chi connectivity index (χ1v) is 13.2. The molecule has 206 valence electrons. The Labute approximate surface area is 228 Å². The molecule has 1 fully saturated rings. The highest BCUT2D eigenvalue weighted by atomic mass is 32.2. The van der Waals surface area contributed by atoms with Crippen molar-refractivity contribution in [2.45, 2.75) is 17.0 Å². The summed E-state index contributed by atoms with van der Waals surface area (Å²) in [4.78, 5) is 28.5. The number of nitrogens with one attached hydrogen (secondary N) is 2. The fraction of sp³-hybridized carbons (Fsp3) is 0.462. The summed E-state index contributed by atoms with van der Waals surface area (Å²) >= 11 is 1.44. The zero-order valence-electron chi connectivity index (χ0n) is 23.0. The van der Waals surface area contributed by atoms with Crippen LogP contribution in [-0.4, -0.2) is 111 Å². The van der Waals surface area contributed by atoms with E-state index in [1.54, 1.807) is 33.5 Å². The molecule has 1 aliphatic heterocycles. The quantitative estimate of drug-likeness (QED) is 0.291. The Morgan fingerprint density at radius 3 is 2.34 bits per heavy atom. The van der Waals surface area contributed by atoms with Gasteiger partial charge < -0.3 is 24.6 Å². The number of piperazine rings is 1. The van der Waals surface area contributed by atoms with E-state index >= 15 is 0 Å². The Morgan fingerprint density at radius 1 is 1.11 bits per heavy atom. The molecule has 12 heteroatoms. The van der Waals surface area contributed by atoms with E-state index in [1.807, 2.05) is 25.1 Å². The van der Waals surface area contributed by atoms with Crippen molar-refractivity contribution in [1.29, 1.82) is 0 Å². The number of aldehydes is 1. The zero-order valence-corrected chi connectivity index (χ0v) is 23.8. The normalized spacial score (nSPS) is 13.7. The number of nitrogens with zero attached hydrogens (tertiary/aromatic N) is 6. The van der Waals surface area contributed by atoms with Gasteiger partial charge >= 0.3 is 0 Å². The molecule has 11 nitrogen and oxygen atoms in total. The predicted molar refractivity (Wildman–Crippen MR) is 151 cm³/mol. The maximum absolute atomic E-state index is 11.0. The van der Waals surface area contributed by atoms with Crippen molar-refractivity contribution in [3.8, 4) is 5.75 Å². The Balaban J connectivity index is 0.00000127. The number of hydrogen-bond donors (Lipinski definition) is 2. The summed E-state index contributed by atoms with van der Waals surface area (Å²) in [6.45, 7) is 7.64. The van der Waals surface area contributed by atoms with Crippen LogP contribution in [0.2, 0.25) is 0 Å². The molecular formula is C26H38N8O3S. The molecule has 0 saturated carbocycles. The van der Waals surface area contributed by atoms with Crippen LogP contribution in [0, 0.1) is 6.92 Å². The second kappa shape index (κ2) is 14.7. The highest BCUT2D eigenvalue weighted by molar-refractivity contribution is 7.99. The van der Waals surface area contributed by atoms with Crippen LogP contribution >= 0.6 is 11.8 Å². The van der Waals surface area contributed by atoms with Crippen LogP contribution in [0.15, 0.2) is 40.4 Å². The van der Waals surface area contributed by atoms with Crippen molar-refractivity contribution >= 4 is 35.5 Å². The van der Waals surface area contributed by atoms with E-state index in [4.69, 9.17) is 14.7 Å². The molecule has 0 spiro atoms. The van der Waals surface area contributed by atoms with Crippen LogP contribution in [0.1, 0.15) is 16.1 Å². The number of aromatic amines is 1. The summed E-state index contributed by atoms with van der Waals surface area (Å²) in [7, 11) is 9.09. The molecule has 0 aliphatic carbocycles. The second-order valence-electron chi connectivity index (χ2n) is 9.10. The average molecular weight is 543 g/mol. The maximum atomic E-state index is 11.0. The number of benzene rings is 1. The lowest BCUT2D eigenvalue weighted by atomic mass is 10.2. The summed E-state index contributed by atoms with van der Waals surface area (Å²) < 4.78 is 10.1. The zero-order chi connectivity index (χ0) is 27.5. The molecule has 3 aromatic rings. The molecule has 1 saturated heterocycles. The molecule has 38 heavy (non-hydrogen) atoms. The molecule has 0 bridgehead atoms. The molecule has 0 atom stereocenters. The lowest BCUT2D eigenvalue weighted by molar-refractivity contribution is 0.112. The van der Waals surface area contributed by atoms with Gasteiger partial charge in [-0.15, -0.1) is 0 Å². The van der Waals surface area contributed by atoms with Crippen LogP contribution < -0.4 is 15.0 Å². The molecule has 0 amide bonds. The summed E-state index contributed by atoms with van der Waals surface area (Å²) in [5, 5.41) is 11.1. The van der Waals surface area contributed by atoms with E-state index in [2.05, 4.69) is 49.0 Å². The average Bonchev–Trinajstić information content (AvgIpc) is 3.32. The summed E-state index contributed by atoms with van der Waals surface area (Å²) in [6.07, 6.45) is 0.836. The Bertz CT molecular complexity index is 1150. The Morgan fingerprint density at radius 2 is 1.79 bits per heavy atom. The van der Waals surface area contributed by atoms with E-state index < -0.39 is 0 Å².